The molecule has 1 fully saturated rings. The van der Waals surface area contributed by atoms with Crippen LogP contribution in [0.5, 0.6) is 0 Å². The molecule has 1 saturated carbocycles. The molecule has 2 radical (unpaired) electrons. The fraction of sp³-hybridized carbons (Fsp3) is 0.625. The van der Waals surface area contributed by atoms with Gasteiger partial charge in [-0.1, -0.05) is 68.5 Å². The van der Waals surface area contributed by atoms with Gasteiger partial charge in [0.1, 0.15) is 0 Å². The third-order valence-corrected chi connectivity index (χ3v) is 3.53. The Balaban J connectivity index is 0.000000204. The van der Waals surface area contributed by atoms with E-state index in [1.807, 2.05) is 0 Å². The summed E-state index contributed by atoms with van der Waals surface area (Å²) < 4.78 is 35.8. The van der Waals surface area contributed by atoms with Crippen LogP contribution >= 0.6 is 0 Å². The van der Waals surface area contributed by atoms with Gasteiger partial charge in [-0.3, -0.25) is 0 Å². The molecule has 0 saturated heterocycles. The number of halogens is 3. The number of hydrogen-bond donors (Lipinski definition) is 0. The molecule has 2 rings (SSSR count). The normalized spacial score (nSPS) is 17.6. The van der Waals surface area contributed by atoms with E-state index in [0.29, 0.717) is 5.82 Å². The number of alkyl halides is 3. The highest BCUT2D eigenvalue weighted by Crippen LogP contribution is 2.28. The Kier molecular flexibility index (Phi) is 7.18. The molecule has 1 aliphatic carbocycles. The summed E-state index contributed by atoms with van der Waals surface area (Å²) in [7, 11) is 5.80. The predicted molar refractivity (Wildman–Crippen MR) is 78.0 cm³/mol. The average molecular weight is 282 g/mol. The Bertz CT molecular complexity index is 362. The molecule has 4 heteroatoms. The van der Waals surface area contributed by atoms with E-state index < -0.39 is 11.7 Å². The van der Waals surface area contributed by atoms with Gasteiger partial charge in [0.05, 0.1) is 13.4 Å². The van der Waals surface area contributed by atoms with Crippen molar-refractivity contribution in [1.29, 1.82) is 0 Å². The molecule has 0 aliphatic heterocycles. The number of rotatable bonds is 0. The SMILES string of the molecule is Cc1ccc(C(F)(F)F)cc1.[B]C1CCCCCCC1. The maximum Gasteiger partial charge on any atom is 0.416 e. The van der Waals surface area contributed by atoms with Gasteiger partial charge < -0.3 is 0 Å². The van der Waals surface area contributed by atoms with Crippen LogP contribution in [0.4, 0.5) is 13.2 Å². The highest BCUT2D eigenvalue weighted by atomic mass is 19.4. The summed E-state index contributed by atoms with van der Waals surface area (Å²) in [5.74, 6) is 0.519. The fourth-order valence-electron chi connectivity index (χ4n) is 2.23. The largest absolute Gasteiger partial charge is 0.416 e. The first-order valence-corrected chi connectivity index (χ1v) is 7.29. The van der Waals surface area contributed by atoms with Crippen molar-refractivity contribution in [1.82, 2.24) is 0 Å². The molecule has 0 spiro atoms. The van der Waals surface area contributed by atoms with Crippen molar-refractivity contribution in [3.8, 4) is 0 Å². The lowest BCUT2D eigenvalue weighted by atomic mass is 9.77. The average Bonchev–Trinajstić information content (AvgIpc) is 2.34. The molecule has 0 atom stereocenters. The third kappa shape index (κ3) is 7.02. The molecule has 0 heterocycles. The maximum absolute atomic E-state index is 11.9. The fourth-order valence-corrected chi connectivity index (χ4v) is 2.23. The molecule has 0 amide bonds. The van der Waals surface area contributed by atoms with Gasteiger partial charge in [-0.2, -0.15) is 13.2 Å². The van der Waals surface area contributed by atoms with Gasteiger partial charge in [0.15, 0.2) is 0 Å². The van der Waals surface area contributed by atoms with Gasteiger partial charge in [0, 0.05) is 0 Å². The highest BCUT2D eigenvalue weighted by Gasteiger charge is 2.29. The maximum atomic E-state index is 11.9. The van der Waals surface area contributed by atoms with Crippen LogP contribution in [-0.4, -0.2) is 7.85 Å². The molecular formula is C16H22BF3. The first-order valence-electron chi connectivity index (χ1n) is 7.29. The van der Waals surface area contributed by atoms with Crippen LogP contribution in [0.3, 0.4) is 0 Å². The molecule has 0 nitrogen and oxygen atoms in total. The minimum absolute atomic E-state index is 0.519. The Labute approximate surface area is 121 Å². The van der Waals surface area contributed by atoms with Gasteiger partial charge in [0.2, 0.25) is 0 Å². The molecule has 1 aromatic carbocycles. The second-order valence-corrected chi connectivity index (χ2v) is 5.47. The first-order chi connectivity index (χ1) is 9.39. The van der Waals surface area contributed by atoms with Crippen molar-refractivity contribution in [2.75, 3.05) is 0 Å². The van der Waals surface area contributed by atoms with Crippen molar-refractivity contribution in [2.24, 2.45) is 0 Å². The molecule has 0 aromatic heterocycles. The van der Waals surface area contributed by atoms with Crippen molar-refractivity contribution in [3.05, 3.63) is 35.4 Å². The summed E-state index contributed by atoms with van der Waals surface area (Å²) in [6, 6.07) is 5.05. The summed E-state index contributed by atoms with van der Waals surface area (Å²) in [6.45, 7) is 1.75. The number of benzene rings is 1. The summed E-state index contributed by atoms with van der Waals surface area (Å²) >= 11 is 0. The highest BCUT2D eigenvalue weighted by molar-refractivity contribution is 6.11. The molecule has 0 unspecified atom stereocenters. The topological polar surface area (TPSA) is 0 Å². The van der Waals surface area contributed by atoms with Crippen LogP contribution in [0.2, 0.25) is 5.82 Å². The lowest BCUT2D eigenvalue weighted by Crippen LogP contribution is -2.03. The van der Waals surface area contributed by atoms with E-state index in [0.717, 1.165) is 17.7 Å². The van der Waals surface area contributed by atoms with Crippen molar-refractivity contribution in [3.63, 3.8) is 0 Å². The van der Waals surface area contributed by atoms with E-state index in [1.165, 1.54) is 57.1 Å². The van der Waals surface area contributed by atoms with Crippen LogP contribution in [0.15, 0.2) is 24.3 Å². The van der Waals surface area contributed by atoms with Crippen LogP contribution in [-0.2, 0) is 6.18 Å². The summed E-state index contributed by atoms with van der Waals surface area (Å²) in [4.78, 5) is 0. The van der Waals surface area contributed by atoms with Crippen LogP contribution < -0.4 is 0 Å². The third-order valence-electron chi connectivity index (χ3n) is 3.53. The lowest BCUT2D eigenvalue weighted by Gasteiger charge is -2.14. The molecule has 1 aliphatic rings. The quantitative estimate of drug-likeness (QED) is 0.535. The standard InChI is InChI=1S/C8H15B.C8H7F3/c9-8-6-4-2-1-3-5-7-8;1-6-2-4-7(5-3-6)8(9,10)11/h8H,1-7H2;2-5H,1H3. The van der Waals surface area contributed by atoms with E-state index in [4.69, 9.17) is 7.85 Å². The van der Waals surface area contributed by atoms with Crippen LogP contribution in [0, 0.1) is 6.92 Å². The zero-order chi connectivity index (χ0) is 15.0. The van der Waals surface area contributed by atoms with Crippen LogP contribution in [0.1, 0.15) is 56.1 Å². The smallest absolute Gasteiger partial charge is 0.166 e. The lowest BCUT2D eigenvalue weighted by molar-refractivity contribution is -0.137. The van der Waals surface area contributed by atoms with Gasteiger partial charge >= 0.3 is 6.18 Å². The second-order valence-electron chi connectivity index (χ2n) is 5.47. The van der Waals surface area contributed by atoms with E-state index in [9.17, 15) is 13.2 Å². The van der Waals surface area contributed by atoms with Crippen LogP contribution in [0.25, 0.3) is 0 Å². The molecular weight excluding hydrogens is 260 g/mol. The van der Waals surface area contributed by atoms with Gasteiger partial charge in [-0.15, -0.1) is 0 Å². The molecule has 0 N–H and O–H groups in total. The van der Waals surface area contributed by atoms with E-state index in [-0.39, 0.29) is 0 Å². The number of aryl methyl sites for hydroxylation is 1. The minimum atomic E-state index is -4.21. The van der Waals surface area contributed by atoms with E-state index >= 15 is 0 Å². The summed E-state index contributed by atoms with van der Waals surface area (Å²) in [6.07, 6.45) is 5.30. The zero-order valence-corrected chi connectivity index (χ0v) is 12.0. The van der Waals surface area contributed by atoms with E-state index in [2.05, 4.69) is 0 Å². The Morgan fingerprint density at radius 1 is 0.900 bits per heavy atom. The van der Waals surface area contributed by atoms with Crippen molar-refractivity contribution in [2.45, 2.75) is 63.9 Å². The zero-order valence-electron chi connectivity index (χ0n) is 12.0. The Morgan fingerprint density at radius 3 is 1.80 bits per heavy atom. The Hall–Kier alpha value is -0.925. The van der Waals surface area contributed by atoms with Crippen molar-refractivity contribution >= 4 is 7.85 Å². The first kappa shape index (κ1) is 17.1. The van der Waals surface area contributed by atoms with Gasteiger partial charge in [0.25, 0.3) is 0 Å². The van der Waals surface area contributed by atoms with Gasteiger partial charge in [-0.25, -0.2) is 0 Å². The predicted octanol–water partition coefficient (Wildman–Crippen LogP) is 5.70. The van der Waals surface area contributed by atoms with Gasteiger partial charge in [-0.05, 0) is 19.1 Å². The monoisotopic (exact) mass is 282 g/mol. The molecule has 20 heavy (non-hydrogen) atoms. The van der Waals surface area contributed by atoms with E-state index in [1.54, 1.807) is 6.92 Å². The Morgan fingerprint density at radius 2 is 1.35 bits per heavy atom. The summed E-state index contributed by atoms with van der Waals surface area (Å²) in [5.41, 5.74) is 0.237. The van der Waals surface area contributed by atoms with Crippen molar-refractivity contribution < 1.29 is 13.2 Å². The molecule has 0 bridgehead atoms. The molecule has 110 valence electrons. The summed E-state index contributed by atoms with van der Waals surface area (Å²) in [5, 5.41) is 0. The second kappa shape index (κ2) is 8.38. The molecule has 1 aromatic rings. The number of hydrogen-bond acceptors (Lipinski definition) is 0. The minimum Gasteiger partial charge on any atom is -0.166 e.